The maximum Gasteiger partial charge on any atom is 0.406 e. The average Bonchev–Trinajstić information content (AvgIpc) is 2.99. The van der Waals surface area contributed by atoms with Crippen molar-refractivity contribution < 1.29 is 37.0 Å². The van der Waals surface area contributed by atoms with Crippen molar-refractivity contribution in [1.29, 1.82) is 0 Å². The summed E-state index contributed by atoms with van der Waals surface area (Å²) in [5.74, 6) is -1.70. The summed E-state index contributed by atoms with van der Waals surface area (Å²) in [4.78, 5) is 24.2. The lowest BCUT2D eigenvalue weighted by molar-refractivity contribution is -0.172. The van der Waals surface area contributed by atoms with E-state index in [-0.39, 0.29) is 12.7 Å². The molecule has 2 unspecified atom stereocenters. The Labute approximate surface area is 139 Å². The Morgan fingerprint density at radius 1 is 1.29 bits per heavy atom. The molecule has 1 rings (SSSR count). The molecule has 0 aromatic carbocycles. The first-order chi connectivity index (χ1) is 11.1. The molecule has 1 aliphatic heterocycles. The van der Waals surface area contributed by atoms with Crippen molar-refractivity contribution in [3.05, 3.63) is 0 Å². The van der Waals surface area contributed by atoms with Gasteiger partial charge in [-0.15, -0.1) is 0 Å². The predicted molar refractivity (Wildman–Crippen MR) is 78.3 cm³/mol. The summed E-state index contributed by atoms with van der Waals surface area (Å²) in [5.41, 5.74) is 0. The van der Waals surface area contributed by atoms with Gasteiger partial charge in [-0.1, -0.05) is 0 Å². The Balaban J connectivity index is 2.38. The van der Waals surface area contributed by atoms with Gasteiger partial charge >= 0.3 is 12.1 Å². The summed E-state index contributed by atoms with van der Waals surface area (Å²) in [6, 6.07) is -0.661. The van der Waals surface area contributed by atoms with Crippen molar-refractivity contribution in [3.63, 3.8) is 0 Å². The van der Waals surface area contributed by atoms with Crippen molar-refractivity contribution in [1.82, 2.24) is 4.90 Å². The van der Waals surface area contributed by atoms with Gasteiger partial charge in [0, 0.05) is 12.6 Å². The number of hydrogen-bond acceptors (Lipinski definition) is 5. The number of ether oxygens (including phenoxy) is 3. The third-order valence-corrected chi connectivity index (χ3v) is 3.52. The molecule has 1 aliphatic rings. The van der Waals surface area contributed by atoms with Gasteiger partial charge in [0.25, 0.3) is 5.91 Å². The molecule has 0 spiro atoms. The molecule has 0 aliphatic carbocycles. The molecule has 1 fully saturated rings. The summed E-state index contributed by atoms with van der Waals surface area (Å²) in [7, 11) is 0. The number of alkyl halides is 3. The van der Waals surface area contributed by atoms with Crippen LogP contribution in [0.15, 0.2) is 0 Å². The molecular formula is C15H24F3NO5. The zero-order chi connectivity index (χ0) is 18.3. The lowest BCUT2D eigenvalue weighted by Gasteiger charge is -2.27. The van der Waals surface area contributed by atoms with Crippen molar-refractivity contribution in [3.8, 4) is 0 Å². The number of rotatable bonds is 8. The number of carbonyl (C=O) groups is 2. The Morgan fingerprint density at radius 2 is 1.96 bits per heavy atom. The van der Waals surface area contributed by atoms with Crippen molar-refractivity contribution in [2.75, 3.05) is 26.4 Å². The molecule has 1 saturated heterocycles. The van der Waals surface area contributed by atoms with E-state index in [1.807, 2.05) is 0 Å². The van der Waals surface area contributed by atoms with E-state index in [4.69, 9.17) is 14.2 Å². The Hall–Kier alpha value is -1.35. The molecule has 1 amide bonds. The van der Waals surface area contributed by atoms with Gasteiger partial charge in [-0.2, -0.15) is 13.2 Å². The summed E-state index contributed by atoms with van der Waals surface area (Å²) >= 11 is 0. The van der Waals surface area contributed by atoms with Crippen LogP contribution in [-0.2, 0) is 23.8 Å². The molecule has 9 heteroatoms. The first-order valence-electron chi connectivity index (χ1n) is 7.86. The van der Waals surface area contributed by atoms with E-state index in [1.54, 1.807) is 0 Å². The van der Waals surface area contributed by atoms with E-state index < -0.39 is 43.4 Å². The van der Waals surface area contributed by atoms with Gasteiger partial charge in [0.1, 0.15) is 6.54 Å². The minimum atomic E-state index is -4.51. The molecule has 0 aromatic rings. The lowest BCUT2D eigenvalue weighted by atomic mass is 10.2. The molecule has 0 radical (unpaired) electrons. The van der Waals surface area contributed by atoms with E-state index >= 15 is 0 Å². The van der Waals surface area contributed by atoms with Crippen LogP contribution in [0.4, 0.5) is 13.2 Å². The quantitative estimate of drug-likeness (QED) is 0.623. The molecule has 2 atom stereocenters. The zero-order valence-corrected chi connectivity index (χ0v) is 14.1. The molecule has 0 saturated carbocycles. The smallest absolute Gasteiger partial charge is 0.406 e. The predicted octanol–water partition coefficient (Wildman–Crippen LogP) is 1.91. The lowest BCUT2D eigenvalue weighted by Crippen LogP contribution is -2.45. The molecule has 0 bridgehead atoms. The first kappa shape index (κ1) is 20.7. The van der Waals surface area contributed by atoms with Crippen LogP contribution in [0.2, 0.25) is 0 Å². The third kappa shape index (κ3) is 7.48. The van der Waals surface area contributed by atoms with Gasteiger partial charge < -0.3 is 19.1 Å². The van der Waals surface area contributed by atoms with Crippen LogP contribution >= 0.6 is 0 Å². The van der Waals surface area contributed by atoms with Gasteiger partial charge in [0.05, 0.1) is 12.7 Å². The molecule has 0 N–H and O–H groups in total. The fraction of sp³-hybridized carbons (Fsp3) is 0.867. The molecular weight excluding hydrogens is 331 g/mol. The van der Waals surface area contributed by atoms with Gasteiger partial charge in [-0.05, 0) is 33.6 Å². The van der Waals surface area contributed by atoms with Gasteiger partial charge in [-0.3, -0.25) is 4.79 Å². The van der Waals surface area contributed by atoms with E-state index in [0.29, 0.717) is 11.5 Å². The minimum absolute atomic E-state index is 0.0647. The maximum atomic E-state index is 12.5. The number of halogens is 3. The van der Waals surface area contributed by atoms with Crippen LogP contribution in [0.5, 0.6) is 0 Å². The third-order valence-electron chi connectivity index (χ3n) is 3.52. The van der Waals surface area contributed by atoms with Gasteiger partial charge in [0.15, 0.2) is 12.7 Å². The second kappa shape index (κ2) is 9.22. The highest BCUT2D eigenvalue weighted by molar-refractivity contribution is 5.82. The number of carbonyl (C=O) groups excluding carboxylic acids is 2. The standard InChI is InChI=1S/C15H24F3NO5/c1-10(2)19(9-15(16,17)18)13(20)8-24-14(21)11(3)23-7-12-5-4-6-22-12/h10-12H,4-9H2,1-3H3. The Bertz CT molecular complexity index is 422. The summed E-state index contributed by atoms with van der Waals surface area (Å²) in [6.45, 7) is 3.13. The second-order valence-corrected chi connectivity index (χ2v) is 5.95. The fourth-order valence-electron chi connectivity index (χ4n) is 2.18. The minimum Gasteiger partial charge on any atom is -0.454 e. The van der Waals surface area contributed by atoms with E-state index in [2.05, 4.69) is 0 Å². The SMILES string of the molecule is CC(OCC1CCCO1)C(=O)OCC(=O)N(CC(F)(F)F)C(C)C. The molecule has 140 valence electrons. The normalized spacial score (nSPS) is 19.4. The van der Waals surface area contributed by atoms with Crippen LogP contribution < -0.4 is 0 Å². The van der Waals surface area contributed by atoms with Crippen LogP contribution in [0.25, 0.3) is 0 Å². The number of esters is 1. The van der Waals surface area contributed by atoms with Crippen molar-refractivity contribution in [2.24, 2.45) is 0 Å². The fourth-order valence-corrected chi connectivity index (χ4v) is 2.18. The Morgan fingerprint density at radius 3 is 2.46 bits per heavy atom. The summed E-state index contributed by atoms with van der Waals surface area (Å²) < 4.78 is 52.8. The number of nitrogens with zero attached hydrogens (tertiary/aromatic N) is 1. The maximum absolute atomic E-state index is 12.5. The van der Waals surface area contributed by atoms with Crippen LogP contribution in [0, 0.1) is 0 Å². The van der Waals surface area contributed by atoms with Crippen molar-refractivity contribution >= 4 is 11.9 Å². The molecule has 0 aromatic heterocycles. The first-order valence-corrected chi connectivity index (χ1v) is 7.86. The van der Waals surface area contributed by atoms with Crippen LogP contribution in [-0.4, -0.2) is 67.6 Å². The largest absolute Gasteiger partial charge is 0.454 e. The molecule has 1 heterocycles. The summed E-state index contributed by atoms with van der Waals surface area (Å²) in [5, 5.41) is 0. The van der Waals surface area contributed by atoms with E-state index in [1.165, 1.54) is 20.8 Å². The van der Waals surface area contributed by atoms with Gasteiger partial charge in [0.2, 0.25) is 0 Å². The topological polar surface area (TPSA) is 65.1 Å². The zero-order valence-electron chi connectivity index (χ0n) is 14.1. The van der Waals surface area contributed by atoms with E-state index in [0.717, 1.165) is 12.8 Å². The summed E-state index contributed by atoms with van der Waals surface area (Å²) in [6.07, 6.45) is -3.71. The highest BCUT2D eigenvalue weighted by Gasteiger charge is 2.34. The molecule has 6 nitrogen and oxygen atoms in total. The average molecular weight is 355 g/mol. The highest BCUT2D eigenvalue weighted by atomic mass is 19.4. The van der Waals surface area contributed by atoms with Gasteiger partial charge in [-0.25, -0.2) is 4.79 Å². The highest BCUT2D eigenvalue weighted by Crippen LogP contribution is 2.18. The van der Waals surface area contributed by atoms with E-state index in [9.17, 15) is 22.8 Å². The number of hydrogen-bond donors (Lipinski definition) is 0. The number of amides is 1. The molecule has 24 heavy (non-hydrogen) atoms. The monoisotopic (exact) mass is 355 g/mol. The van der Waals surface area contributed by atoms with Crippen LogP contribution in [0.1, 0.15) is 33.6 Å². The Kier molecular flexibility index (Phi) is 7.95. The van der Waals surface area contributed by atoms with Crippen molar-refractivity contribution in [2.45, 2.75) is 58.0 Å². The second-order valence-electron chi connectivity index (χ2n) is 5.95. The van der Waals surface area contributed by atoms with Crippen LogP contribution in [0.3, 0.4) is 0 Å².